The second-order valence-electron chi connectivity index (χ2n) is 7.50. The van der Waals surface area contributed by atoms with Gasteiger partial charge in [-0.05, 0) is 49.7 Å². The summed E-state index contributed by atoms with van der Waals surface area (Å²) < 4.78 is 43.6. The fraction of sp³-hybridized carbons (Fsp3) is 0.409. The zero-order valence-corrected chi connectivity index (χ0v) is 17.2. The molecule has 1 saturated heterocycles. The predicted molar refractivity (Wildman–Crippen MR) is 111 cm³/mol. The number of rotatable bonds is 5. The molecule has 2 aromatic rings. The molecule has 4 nitrogen and oxygen atoms in total. The summed E-state index contributed by atoms with van der Waals surface area (Å²) in [5.41, 5.74) is 1.86. The molecule has 2 aromatic carbocycles. The maximum atomic E-state index is 12.7. The molecule has 0 spiro atoms. The summed E-state index contributed by atoms with van der Waals surface area (Å²) in [6.07, 6.45) is -2.74. The van der Waals surface area contributed by atoms with E-state index in [1.54, 1.807) is 18.2 Å². The predicted octanol–water partition coefficient (Wildman–Crippen LogP) is 4.94. The maximum absolute atomic E-state index is 12.7. The van der Waals surface area contributed by atoms with Gasteiger partial charge in [-0.3, -0.25) is 4.90 Å². The van der Waals surface area contributed by atoms with Crippen LogP contribution in [0.4, 0.5) is 18.9 Å². The molecule has 1 fully saturated rings. The van der Waals surface area contributed by atoms with E-state index in [-0.39, 0.29) is 24.5 Å². The Morgan fingerprint density at radius 1 is 0.967 bits per heavy atom. The lowest BCUT2D eigenvalue weighted by Crippen LogP contribution is -2.46. The van der Waals surface area contributed by atoms with Crippen LogP contribution in [0.5, 0.6) is 0 Å². The van der Waals surface area contributed by atoms with Crippen molar-refractivity contribution >= 4 is 24.1 Å². The van der Waals surface area contributed by atoms with Crippen molar-refractivity contribution in [2.24, 2.45) is 0 Å². The summed E-state index contributed by atoms with van der Waals surface area (Å²) in [6, 6.07) is 12.9. The molecule has 8 heteroatoms. The molecular weight excluding hydrogens is 417 g/mol. The summed E-state index contributed by atoms with van der Waals surface area (Å²) in [4.78, 5) is 16.4. The summed E-state index contributed by atoms with van der Waals surface area (Å²) in [7, 11) is 0. The molecule has 0 amide bonds. The Hall–Kier alpha value is -2.25. The Morgan fingerprint density at radius 3 is 2.30 bits per heavy atom. The summed E-state index contributed by atoms with van der Waals surface area (Å²) in [5, 5.41) is 0. The number of hydrogen-bond donors (Lipinski definition) is 0. The van der Waals surface area contributed by atoms with Crippen LogP contribution in [0.3, 0.4) is 0 Å². The van der Waals surface area contributed by atoms with Crippen LogP contribution in [0.25, 0.3) is 0 Å². The van der Waals surface area contributed by atoms with Gasteiger partial charge in [-0.25, -0.2) is 4.79 Å². The van der Waals surface area contributed by atoms with Gasteiger partial charge in [-0.1, -0.05) is 18.2 Å². The van der Waals surface area contributed by atoms with Crippen molar-refractivity contribution in [3.8, 4) is 0 Å². The highest BCUT2D eigenvalue weighted by molar-refractivity contribution is 5.93. The van der Waals surface area contributed by atoms with Crippen molar-refractivity contribution in [2.75, 3.05) is 37.6 Å². The minimum absolute atomic E-state index is 0. The highest BCUT2D eigenvalue weighted by Gasteiger charge is 2.31. The zero-order chi connectivity index (χ0) is 20.4. The van der Waals surface area contributed by atoms with E-state index >= 15 is 0 Å². The van der Waals surface area contributed by atoms with Crippen LogP contribution in [-0.4, -0.2) is 43.6 Å². The van der Waals surface area contributed by atoms with E-state index in [0.29, 0.717) is 5.56 Å². The highest BCUT2D eigenvalue weighted by Crippen LogP contribution is 2.34. The van der Waals surface area contributed by atoms with Crippen LogP contribution < -0.4 is 4.90 Å². The first-order valence-electron chi connectivity index (χ1n) is 9.86. The van der Waals surface area contributed by atoms with Crippen molar-refractivity contribution in [3.05, 3.63) is 65.2 Å². The molecule has 0 aliphatic carbocycles. The monoisotopic (exact) mass is 440 g/mol. The number of alkyl halides is 3. The number of hydrogen-bond acceptors (Lipinski definition) is 4. The lowest BCUT2D eigenvalue weighted by molar-refractivity contribution is -0.137. The smallest absolute Gasteiger partial charge is 0.416 e. The van der Waals surface area contributed by atoms with E-state index in [9.17, 15) is 18.0 Å². The average Bonchev–Trinajstić information content (AvgIpc) is 3.04. The number of benzene rings is 2. The second-order valence-corrected chi connectivity index (χ2v) is 7.50. The van der Waals surface area contributed by atoms with E-state index in [2.05, 4.69) is 9.80 Å². The summed E-state index contributed by atoms with van der Waals surface area (Å²) in [6.45, 7) is 4.21. The Labute approximate surface area is 180 Å². The number of anilines is 1. The van der Waals surface area contributed by atoms with Gasteiger partial charge in [0.2, 0.25) is 0 Å². The van der Waals surface area contributed by atoms with E-state index in [1.165, 1.54) is 0 Å². The number of carbonyl (C=O) groups excluding carboxylic acids is 1. The molecule has 2 aliphatic heterocycles. The number of fused-ring (bicyclic) bond motifs is 1. The first-order chi connectivity index (χ1) is 13.9. The molecule has 30 heavy (non-hydrogen) atoms. The third kappa shape index (κ3) is 4.90. The van der Waals surface area contributed by atoms with Gasteiger partial charge in [0.25, 0.3) is 0 Å². The number of halogens is 4. The first kappa shape index (κ1) is 22.4. The fourth-order valence-corrected chi connectivity index (χ4v) is 4.03. The van der Waals surface area contributed by atoms with Crippen LogP contribution in [0.15, 0.2) is 48.5 Å². The van der Waals surface area contributed by atoms with Crippen LogP contribution >= 0.6 is 12.4 Å². The average molecular weight is 441 g/mol. The van der Waals surface area contributed by atoms with Gasteiger partial charge in [0, 0.05) is 37.4 Å². The molecule has 4 rings (SSSR count). The number of carbonyl (C=O) groups is 1. The third-order valence-corrected chi connectivity index (χ3v) is 5.65. The van der Waals surface area contributed by atoms with Gasteiger partial charge in [0.1, 0.15) is 6.10 Å². The van der Waals surface area contributed by atoms with Gasteiger partial charge >= 0.3 is 12.1 Å². The van der Waals surface area contributed by atoms with Crippen LogP contribution in [-0.2, 0) is 10.9 Å². The van der Waals surface area contributed by atoms with Crippen LogP contribution in [0.2, 0.25) is 0 Å². The molecule has 162 valence electrons. The molecule has 0 radical (unpaired) electrons. The Morgan fingerprint density at radius 2 is 1.63 bits per heavy atom. The Balaban J connectivity index is 0.00000256. The molecular formula is C22H24ClF3N2O2. The second kappa shape index (κ2) is 9.27. The number of esters is 1. The number of nitrogens with zero attached hydrogens (tertiary/aromatic N) is 2. The first-order valence-corrected chi connectivity index (χ1v) is 9.86. The van der Waals surface area contributed by atoms with Gasteiger partial charge in [0.05, 0.1) is 11.1 Å². The Kier molecular flexibility index (Phi) is 6.93. The minimum Gasteiger partial charge on any atom is -0.454 e. The minimum atomic E-state index is -4.30. The Bertz CT molecular complexity index is 865. The van der Waals surface area contributed by atoms with Crippen molar-refractivity contribution in [1.82, 2.24) is 4.90 Å². The van der Waals surface area contributed by atoms with Gasteiger partial charge < -0.3 is 9.64 Å². The van der Waals surface area contributed by atoms with Gasteiger partial charge in [-0.15, -0.1) is 12.4 Å². The van der Waals surface area contributed by atoms with E-state index in [1.807, 2.05) is 18.2 Å². The van der Waals surface area contributed by atoms with Crippen LogP contribution in [0, 0.1) is 0 Å². The molecule has 0 saturated carbocycles. The highest BCUT2D eigenvalue weighted by atomic mass is 35.5. The summed E-state index contributed by atoms with van der Waals surface area (Å²) in [5.74, 6) is -0.240. The molecule has 0 N–H and O–H groups in total. The lowest BCUT2D eigenvalue weighted by atomic mass is 10.0. The number of cyclic esters (lactones) is 1. The van der Waals surface area contributed by atoms with E-state index < -0.39 is 11.7 Å². The number of ether oxygens (including phenoxy) is 1. The standard InChI is InChI=1S/C22H23F3N2O2.ClH/c23-22(24,25)16-7-9-17(10-8-16)27-14-12-26(13-15-27)11-3-6-20-18-4-1-2-5-19(18)21(28)29-20;/h1-2,4-5,7-10,20H,3,6,11-15H2;1H. The van der Waals surface area contributed by atoms with E-state index in [4.69, 9.17) is 4.74 Å². The van der Waals surface area contributed by atoms with Crippen molar-refractivity contribution in [1.29, 1.82) is 0 Å². The largest absolute Gasteiger partial charge is 0.454 e. The fourth-order valence-electron chi connectivity index (χ4n) is 4.03. The van der Waals surface area contributed by atoms with Gasteiger partial charge in [-0.2, -0.15) is 13.2 Å². The van der Waals surface area contributed by atoms with Crippen LogP contribution in [0.1, 0.15) is 40.4 Å². The topological polar surface area (TPSA) is 32.8 Å². The third-order valence-electron chi connectivity index (χ3n) is 5.65. The van der Waals surface area contributed by atoms with E-state index in [0.717, 1.165) is 68.9 Å². The quantitative estimate of drug-likeness (QED) is 0.616. The maximum Gasteiger partial charge on any atom is 0.416 e. The SMILES string of the molecule is Cl.O=C1OC(CCCN2CCN(c3ccc(C(F)(F)F)cc3)CC2)c2ccccc21. The zero-order valence-electron chi connectivity index (χ0n) is 16.4. The van der Waals surface area contributed by atoms with Crippen molar-refractivity contribution < 1.29 is 22.7 Å². The lowest BCUT2D eigenvalue weighted by Gasteiger charge is -2.36. The van der Waals surface area contributed by atoms with Crippen molar-refractivity contribution in [2.45, 2.75) is 25.1 Å². The van der Waals surface area contributed by atoms with Gasteiger partial charge in [0.15, 0.2) is 0 Å². The van der Waals surface area contributed by atoms with Crippen molar-refractivity contribution in [3.63, 3.8) is 0 Å². The molecule has 2 heterocycles. The molecule has 1 atom stereocenters. The normalized spacial score (nSPS) is 19.2. The molecule has 1 unspecified atom stereocenters. The molecule has 0 aromatic heterocycles. The molecule has 0 bridgehead atoms. The molecule has 2 aliphatic rings. The summed E-state index contributed by atoms with van der Waals surface area (Å²) >= 11 is 0. The number of piperazine rings is 1.